The van der Waals surface area contributed by atoms with Crippen LogP contribution in [0.15, 0.2) is 0 Å². The van der Waals surface area contributed by atoms with E-state index in [1.54, 1.807) is 0 Å². The normalized spacial score (nSPS) is 13.1. The number of carboxylic acids is 1. The van der Waals surface area contributed by atoms with Crippen LogP contribution >= 0.6 is 0 Å². The van der Waals surface area contributed by atoms with Crippen molar-refractivity contribution in [3.63, 3.8) is 0 Å². The quantitative estimate of drug-likeness (QED) is 0.338. The molecule has 0 aromatic rings. The predicted octanol–water partition coefficient (Wildman–Crippen LogP) is -1.82. The van der Waals surface area contributed by atoms with Gasteiger partial charge in [-0.3, -0.25) is 19.2 Å². The van der Waals surface area contributed by atoms with E-state index < -0.39 is 42.3 Å². The second kappa shape index (κ2) is 9.72. The summed E-state index contributed by atoms with van der Waals surface area (Å²) in [4.78, 5) is 45.4. The molecule has 0 aromatic carbocycles. The number of nitrogens with two attached hydrogens (primary N) is 1. The minimum absolute atomic E-state index is 0.143. The summed E-state index contributed by atoms with van der Waals surface area (Å²) in [6.45, 7) is 4.43. The summed E-state index contributed by atoms with van der Waals surface area (Å²) >= 11 is 0. The Morgan fingerprint density at radius 3 is 2.09 bits per heavy atom. The summed E-state index contributed by atoms with van der Waals surface area (Å²) in [6.07, 6.45) is 0.390. The molecule has 2 atom stereocenters. The van der Waals surface area contributed by atoms with Gasteiger partial charge in [-0.25, -0.2) is 0 Å². The molecule has 0 bridgehead atoms. The van der Waals surface area contributed by atoms with Gasteiger partial charge in [0.05, 0.1) is 6.54 Å². The van der Waals surface area contributed by atoms with Crippen LogP contribution < -0.4 is 21.7 Å². The molecule has 0 heterocycles. The number of rotatable bonds is 9. The number of hydrogen-bond acceptors (Lipinski definition) is 5. The van der Waals surface area contributed by atoms with E-state index in [4.69, 9.17) is 10.8 Å². The molecule has 6 N–H and O–H groups in total. The third-order valence-corrected chi connectivity index (χ3v) is 2.71. The summed E-state index contributed by atoms with van der Waals surface area (Å²) in [5.41, 5.74) is 5.21. The highest BCUT2D eigenvalue weighted by molar-refractivity contribution is 5.92. The molecule has 9 heteroatoms. The highest BCUT2D eigenvalue weighted by atomic mass is 16.4. The summed E-state index contributed by atoms with van der Waals surface area (Å²) in [5.74, 6) is -2.65. The minimum atomic E-state index is -1.18. The zero-order chi connectivity index (χ0) is 17.3. The predicted molar refractivity (Wildman–Crippen MR) is 78.7 cm³/mol. The van der Waals surface area contributed by atoms with Gasteiger partial charge in [0.15, 0.2) is 0 Å². The molecular formula is C13H24N4O5. The van der Waals surface area contributed by atoms with Crippen molar-refractivity contribution in [1.82, 2.24) is 16.0 Å². The van der Waals surface area contributed by atoms with Gasteiger partial charge in [0, 0.05) is 0 Å². The van der Waals surface area contributed by atoms with Crippen LogP contribution in [-0.4, -0.2) is 54.0 Å². The van der Waals surface area contributed by atoms with Crippen LogP contribution in [-0.2, 0) is 19.2 Å². The lowest BCUT2D eigenvalue weighted by molar-refractivity contribution is -0.138. The molecule has 0 rings (SSSR count). The Kier molecular flexibility index (Phi) is 8.76. The monoisotopic (exact) mass is 316 g/mol. The largest absolute Gasteiger partial charge is 0.480 e. The van der Waals surface area contributed by atoms with E-state index in [-0.39, 0.29) is 12.5 Å². The number of hydrogen-bond donors (Lipinski definition) is 5. The molecule has 0 aliphatic carbocycles. The third-order valence-electron chi connectivity index (χ3n) is 2.71. The Balaban J connectivity index is 4.61. The molecule has 0 aliphatic heterocycles. The first-order valence-corrected chi connectivity index (χ1v) is 6.96. The first kappa shape index (κ1) is 19.8. The van der Waals surface area contributed by atoms with Crippen molar-refractivity contribution in [2.75, 3.05) is 13.1 Å². The van der Waals surface area contributed by atoms with Crippen LogP contribution in [0.3, 0.4) is 0 Å². The minimum Gasteiger partial charge on any atom is -0.480 e. The van der Waals surface area contributed by atoms with Gasteiger partial charge in [-0.15, -0.1) is 0 Å². The molecule has 22 heavy (non-hydrogen) atoms. The molecule has 0 fully saturated rings. The molecule has 0 saturated carbocycles. The van der Waals surface area contributed by atoms with Crippen molar-refractivity contribution in [3.8, 4) is 0 Å². The van der Waals surface area contributed by atoms with Crippen molar-refractivity contribution in [2.24, 2.45) is 11.7 Å². The average Bonchev–Trinajstić information content (AvgIpc) is 2.42. The maximum atomic E-state index is 12.1. The number of carbonyl (C=O) groups excluding carboxylic acids is 3. The van der Waals surface area contributed by atoms with E-state index in [1.165, 1.54) is 6.92 Å². The van der Waals surface area contributed by atoms with Gasteiger partial charge in [-0.1, -0.05) is 13.8 Å². The van der Waals surface area contributed by atoms with E-state index in [0.717, 1.165) is 0 Å². The van der Waals surface area contributed by atoms with E-state index in [9.17, 15) is 19.2 Å². The van der Waals surface area contributed by atoms with Crippen LogP contribution in [0.5, 0.6) is 0 Å². The van der Waals surface area contributed by atoms with Crippen molar-refractivity contribution in [2.45, 2.75) is 39.3 Å². The van der Waals surface area contributed by atoms with Gasteiger partial charge in [0.25, 0.3) is 0 Å². The van der Waals surface area contributed by atoms with E-state index in [2.05, 4.69) is 16.0 Å². The Morgan fingerprint density at radius 1 is 1.05 bits per heavy atom. The Hall–Kier alpha value is -2.16. The van der Waals surface area contributed by atoms with Gasteiger partial charge < -0.3 is 26.8 Å². The van der Waals surface area contributed by atoms with Crippen LogP contribution in [0.25, 0.3) is 0 Å². The van der Waals surface area contributed by atoms with E-state index >= 15 is 0 Å². The Morgan fingerprint density at radius 2 is 1.64 bits per heavy atom. The molecule has 126 valence electrons. The molecular weight excluding hydrogens is 292 g/mol. The van der Waals surface area contributed by atoms with E-state index in [0.29, 0.717) is 6.42 Å². The Labute approximate surface area is 129 Å². The van der Waals surface area contributed by atoms with Gasteiger partial charge in [0.2, 0.25) is 17.7 Å². The highest BCUT2D eigenvalue weighted by Crippen LogP contribution is 2.05. The standard InChI is InChI=1S/C13H24N4O5/c1-7(2)4-9(17-10(18)5-14)13(22)16-8(3)12(21)15-6-11(19)20/h7-9H,4-6,14H2,1-3H3,(H,15,21)(H,16,22)(H,17,18)(H,19,20)/t8-,9-/m0/s1. The zero-order valence-electron chi connectivity index (χ0n) is 13.0. The first-order chi connectivity index (χ1) is 10.2. The maximum absolute atomic E-state index is 12.1. The second-order valence-electron chi connectivity index (χ2n) is 5.30. The van der Waals surface area contributed by atoms with Gasteiger partial charge in [-0.2, -0.15) is 0 Å². The van der Waals surface area contributed by atoms with Crippen LogP contribution in [0.2, 0.25) is 0 Å². The van der Waals surface area contributed by atoms with Crippen LogP contribution in [0, 0.1) is 5.92 Å². The fraction of sp³-hybridized carbons (Fsp3) is 0.692. The topological polar surface area (TPSA) is 151 Å². The van der Waals surface area contributed by atoms with Gasteiger partial charge >= 0.3 is 5.97 Å². The first-order valence-electron chi connectivity index (χ1n) is 6.96. The van der Waals surface area contributed by atoms with Gasteiger partial charge in [-0.05, 0) is 19.3 Å². The molecule has 3 amide bonds. The molecule has 0 saturated heterocycles. The molecule has 9 nitrogen and oxygen atoms in total. The summed E-state index contributed by atoms with van der Waals surface area (Å²) in [5, 5.41) is 15.6. The molecule has 0 aliphatic rings. The number of carbonyl (C=O) groups is 4. The van der Waals surface area contributed by atoms with Crippen LogP contribution in [0.1, 0.15) is 27.2 Å². The second-order valence-corrected chi connectivity index (χ2v) is 5.30. The fourth-order valence-corrected chi connectivity index (χ4v) is 1.65. The molecule has 0 aromatic heterocycles. The van der Waals surface area contributed by atoms with Crippen molar-refractivity contribution >= 4 is 23.7 Å². The summed E-state index contributed by atoms with van der Waals surface area (Å²) in [7, 11) is 0. The number of aliphatic carboxylic acids is 1. The SMILES string of the molecule is CC(C)C[C@H](NC(=O)CN)C(=O)N[C@@H](C)C(=O)NCC(=O)O. The Bertz CT molecular complexity index is 425. The average molecular weight is 316 g/mol. The summed E-state index contributed by atoms with van der Waals surface area (Å²) in [6, 6.07) is -1.72. The van der Waals surface area contributed by atoms with Crippen LogP contribution in [0.4, 0.5) is 0 Å². The third kappa shape index (κ3) is 8.20. The molecule has 0 spiro atoms. The van der Waals surface area contributed by atoms with E-state index in [1.807, 2.05) is 13.8 Å². The van der Waals surface area contributed by atoms with Crippen molar-refractivity contribution in [3.05, 3.63) is 0 Å². The number of nitrogens with one attached hydrogen (secondary N) is 3. The van der Waals surface area contributed by atoms with Crippen molar-refractivity contribution < 1.29 is 24.3 Å². The maximum Gasteiger partial charge on any atom is 0.322 e. The van der Waals surface area contributed by atoms with Gasteiger partial charge in [0.1, 0.15) is 18.6 Å². The number of carboxylic acid groups (broad SMARTS) is 1. The smallest absolute Gasteiger partial charge is 0.322 e. The molecule has 0 unspecified atom stereocenters. The lowest BCUT2D eigenvalue weighted by Gasteiger charge is -2.22. The number of amides is 3. The molecule has 0 radical (unpaired) electrons. The highest BCUT2D eigenvalue weighted by Gasteiger charge is 2.24. The lowest BCUT2D eigenvalue weighted by Crippen LogP contribution is -2.54. The summed E-state index contributed by atoms with van der Waals surface area (Å²) < 4.78 is 0. The lowest BCUT2D eigenvalue weighted by atomic mass is 10.0. The zero-order valence-corrected chi connectivity index (χ0v) is 13.0. The fourth-order valence-electron chi connectivity index (χ4n) is 1.65. The van der Waals surface area contributed by atoms with Crippen molar-refractivity contribution in [1.29, 1.82) is 0 Å².